The molecule has 2 nitrogen and oxygen atoms in total. The predicted octanol–water partition coefficient (Wildman–Crippen LogP) is 5.13. The fourth-order valence-corrected chi connectivity index (χ4v) is 3.17. The first-order valence-corrected chi connectivity index (χ1v) is 7.28. The number of rotatable bonds is 2. The zero-order chi connectivity index (χ0) is 14.2. The van der Waals surface area contributed by atoms with Crippen LogP contribution < -0.4 is 10.6 Å². The van der Waals surface area contributed by atoms with E-state index in [0.717, 1.165) is 17.8 Å². The molecule has 0 amide bonds. The van der Waals surface area contributed by atoms with Crippen molar-refractivity contribution in [3.63, 3.8) is 0 Å². The molecule has 1 heterocycles. The fourth-order valence-electron chi connectivity index (χ4n) is 3.17. The lowest BCUT2D eigenvalue weighted by molar-refractivity contribution is 0.454. The van der Waals surface area contributed by atoms with Gasteiger partial charge in [0, 0.05) is 11.2 Å². The lowest BCUT2D eigenvalue weighted by atomic mass is 9.81. The van der Waals surface area contributed by atoms with E-state index in [1.807, 2.05) is 6.07 Å². The molecule has 0 saturated carbocycles. The van der Waals surface area contributed by atoms with Crippen LogP contribution in [-0.4, -0.2) is 5.54 Å². The van der Waals surface area contributed by atoms with Crippen LogP contribution in [0.1, 0.15) is 38.7 Å². The van der Waals surface area contributed by atoms with Crippen molar-refractivity contribution in [3.05, 3.63) is 54.1 Å². The highest BCUT2D eigenvalue weighted by atomic mass is 15.0. The summed E-state index contributed by atoms with van der Waals surface area (Å²) in [6.45, 7) is 6.85. The van der Waals surface area contributed by atoms with Crippen LogP contribution >= 0.6 is 0 Å². The number of fused-ring (bicyclic) bond motifs is 1. The van der Waals surface area contributed by atoms with Crippen molar-refractivity contribution in [2.45, 2.75) is 38.6 Å². The van der Waals surface area contributed by atoms with Crippen molar-refractivity contribution in [1.82, 2.24) is 0 Å². The molecule has 2 aromatic rings. The summed E-state index contributed by atoms with van der Waals surface area (Å²) >= 11 is 0. The van der Waals surface area contributed by atoms with Gasteiger partial charge in [-0.05, 0) is 49.9 Å². The molecule has 2 heteroatoms. The van der Waals surface area contributed by atoms with E-state index in [-0.39, 0.29) is 5.54 Å². The summed E-state index contributed by atoms with van der Waals surface area (Å²) in [6, 6.07) is 16.9. The lowest BCUT2D eigenvalue weighted by Crippen LogP contribution is -2.36. The molecule has 2 aromatic carbocycles. The van der Waals surface area contributed by atoms with Crippen LogP contribution in [0.4, 0.5) is 17.1 Å². The zero-order valence-corrected chi connectivity index (χ0v) is 12.4. The highest BCUT2D eigenvalue weighted by molar-refractivity contribution is 5.79. The first-order chi connectivity index (χ1) is 9.55. The van der Waals surface area contributed by atoms with E-state index in [4.69, 9.17) is 0 Å². The Labute approximate surface area is 121 Å². The maximum absolute atomic E-state index is 3.69. The van der Waals surface area contributed by atoms with Gasteiger partial charge in [-0.15, -0.1) is 0 Å². The molecule has 1 aliphatic rings. The van der Waals surface area contributed by atoms with Gasteiger partial charge in [-0.2, -0.15) is 0 Å². The average molecular weight is 266 g/mol. The molecular weight excluding hydrogens is 244 g/mol. The molecule has 0 saturated heterocycles. The largest absolute Gasteiger partial charge is 0.378 e. The monoisotopic (exact) mass is 266 g/mol. The van der Waals surface area contributed by atoms with Crippen molar-refractivity contribution in [1.29, 1.82) is 0 Å². The van der Waals surface area contributed by atoms with Crippen molar-refractivity contribution in [2.24, 2.45) is 0 Å². The Kier molecular flexibility index (Phi) is 3.17. The van der Waals surface area contributed by atoms with E-state index >= 15 is 0 Å². The maximum Gasteiger partial charge on any atom is 0.0623 e. The molecule has 2 N–H and O–H groups in total. The molecule has 104 valence electrons. The predicted molar refractivity (Wildman–Crippen MR) is 86.9 cm³/mol. The number of hydrogen-bond acceptors (Lipinski definition) is 2. The smallest absolute Gasteiger partial charge is 0.0623 e. The van der Waals surface area contributed by atoms with Crippen LogP contribution in [0.3, 0.4) is 0 Å². The van der Waals surface area contributed by atoms with Gasteiger partial charge in [0.15, 0.2) is 0 Å². The molecule has 0 aliphatic carbocycles. The second-order valence-corrected chi connectivity index (χ2v) is 6.37. The minimum absolute atomic E-state index is 0.140. The second-order valence-electron chi connectivity index (χ2n) is 6.37. The van der Waals surface area contributed by atoms with Crippen LogP contribution in [0.5, 0.6) is 0 Å². The van der Waals surface area contributed by atoms with Crippen LogP contribution in [0.2, 0.25) is 0 Å². The minimum atomic E-state index is 0.140. The number of nitrogens with one attached hydrogen (secondary N) is 2. The van der Waals surface area contributed by atoms with Crippen LogP contribution in [-0.2, 0) is 0 Å². The highest BCUT2D eigenvalue weighted by Crippen LogP contribution is 2.42. The normalized spacial score (nSPS) is 19.9. The third-order valence-corrected chi connectivity index (χ3v) is 3.96. The topological polar surface area (TPSA) is 24.1 Å². The fraction of sp³-hybridized carbons (Fsp3) is 0.333. The summed E-state index contributed by atoms with van der Waals surface area (Å²) in [5.74, 6) is 0.582. The van der Waals surface area contributed by atoms with Gasteiger partial charge < -0.3 is 10.6 Å². The Hall–Kier alpha value is -1.96. The Balaban J connectivity index is 1.99. The number of para-hydroxylation sites is 2. The zero-order valence-electron chi connectivity index (χ0n) is 12.4. The summed E-state index contributed by atoms with van der Waals surface area (Å²) in [4.78, 5) is 0. The second kappa shape index (κ2) is 4.86. The highest BCUT2D eigenvalue weighted by Gasteiger charge is 2.30. The number of anilines is 3. The summed E-state index contributed by atoms with van der Waals surface area (Å²) in [6.07, 6.45) is 1.16. The van der Waals surface area contributed by atoms with Crippen LogP contribution in [0.25, 0.3) is 0 Å². The molecule has 0 spiro atoms. The van der Waals surface area contributed by atoms with E-state index in [2.05, 4.69) is 73.9 Å². The molecule has 20 heavy (non-hydrogen) atoms. The van der Waals surface area contributed by atoms with Gasteiger partial charge in [-0.1, -0.05) is 37.3 Å². The molecule has 0 fully saturated rings. The molecule has 1 aliphatic heterocycles. The van der Waals surface area contributed by atoms with Gasteiger partial charge in [0.05, 0.1) is 11.4 Å². The quantitative estimate of drug-likeness (QED) is 0.787. The maximum atomic E-state index is 3.69. The van der Waals surface area contributed by atoms with Crippen molar-refractivity contribution in [2.75, 3.05) is 10.6 Å². The van der Waals surface area contributed by atoms with E-state index in [1.165, 1.54) is 11.3 Å². The van der Waals surface area contributed by atoms with Crippen molar-refractivity contribution >= 4 is 17.1 Å². The minimum Gasteiger partial charge on any atom is -0.378 e. The van der Waals surface area contributed by atoms with Gasteiger partial charge in [0.1, 0.15) is 0 Å². The van der Waals surface area contributed by atoms with E-state index in [9.17, 15) is 0 Å². The first-order valence-electron chi connectivity index (χ1n) is 7.28. The number of hydrogen-bond donors (Lipinski definition) is 2. The summed E-state index contributed by atoms with van der Waals surface area (Å²) < 4.78 is 0. The lowest BCUT2D eigenvalue weighted by Gasteiger charge is -2.38. The Morgan fingerprint density at radius 1 is 1.05 bits per heavy atom. The van der Waals surface area contributed by atoms with Gasteiger partial charge in [-0.25, -0.2) is 0 Å². The Morgan fingerprint density at radius 2 is 1.80 bits per heavy atom. The van der Waals surface area contributed by atoms with E-state index in [0.29, 0.717) is 5.92 Å². The molecular formula is C18H22N2. The number of benzene rings is 2. The van der Waals surface area contributed by atoms with E-state index in [1.54, 1.807) is 0 Å². The SMILES string of the molecule is CC1CC(C)(C)Nc2c(Nc3ccccc3)cccc21. The van der Waals surface area contributed by atoms with E-state index < -0.39 is 0 Å². The molecule has 1 unspecified atom stereocenters. The standard InChI is InChI=1S/C18H22N2/c1-13-12-18(2,3)20-17-15(13)10-7-11-16(17)19-14-8-5-4-6-9-14/h4-11,13,19-20H,12H2,1-3H3. The summed E-state index contributed by atoms with van der Waals surface area (Å²) in [5, 5.41) is 7.22. The van der Waals surface area contributed by atoms with Gasteiger partial charge in [-0.3, -0.25) is 0 Å². The summed E-state index contributed by atoms with van der Waals surface area (Å²) in [5.41, 5.74) is 5.08. The van der Waals surface area contributed by atoms with Gasteiger partial charge in [0.2, 0.25) is 0 Å². The third kappa shape index (κ3) is 2.51. The Morgan fingerprint density at radius 3 is 2.55 bits per heavy atom. The molecule has 0 radical (unpaired) electrons. The van der Waals surface area contributed by atoms with Crippen molar-refractivity contribution in [3.8, 4) is 0 Å². The van der Waals surface area contributed by atoms with Gasteiger partial charge in [0.25, 0.3) is 0 Å². The molecule has 1 atom stereocenters. The molecule has 0 bridgehead atoms. The van der Waals surface area contributed by atoms with Crippen molar-refractivity contribution < 1.29 is 0 Å². The molecule has 0 aromatic heterocycles. The third-order valence-electron chi connectivity index (χ3n) is 3.96. The Bertz CT molecular complexity index is 602. The average Bonchev–Trinajstić information content (AvgIpc) is 2.40. The first kappa shape index (κ1) is 13.0. The summed E-state index contributed by atoms with van der Waals surface area (Å²) in [7, 11) is 0. The van der Waals surface area contributed by atoms with Crippen LogP contribution in [0, 0.1) is 0 Å². The molecule has 3 rings (SSSR count). The van der Waals surface area contributed by atoms with Gasteiger partial charge >= 0.3 is 0 Å². The van der Waals surface area contributed by atoms with Crippen LogP contribution in [0.15, 0.2) is 48.5 Å².